The maximum atomic E-state index is 13.9. The molecule has 0 aliphatic carbocycles. The standard InChI is InChI=1S/C18H26F2N2O2/c1-12-5-6-13(16(20)15(12)19)11-21-14-7-9-22(10-8-14)17(23)24-18(2,3)4/h5-6,14,21H,7-11H2,1-4H3. The third kappa shape index (κ3) is 4.90. The highest BCUT2D eigenvalue weighted by molar-refractivity contribution is 5.68. The van der Waals surface area contributed by atoms with Crippen molar-refractivity contribution in [1.82, 2.24) is 10.2 Å². The maximum Gasteiger partial charge on any atom is 0.410 e. The number of nitrogens with zero attached hydrogens (tertiary/aromatic N) is 1. The predicted octanol–water partition coefficient (Wildman–Crippen LogP) is 3.76. The molecule has 0 bridgehead atoms. The lowest BCUT2D eigenvalue weighted by molar-refractivity contribution is 0.0198. The summed E-state index contributed by atoms with van der Waals surface area (Å²) in [6, 6.07) is 3.37. The molecule has 0 spiro atoms. The number of hydrogen-bond acceptors (Lipinski definition) is 3. The highest BCUT2D eigenvalue weighted by atomic mass is 19.2. The zero-order valence-corrected chi connectivity index (χ0v) is 14.8. The van der Waals surface area contributed by atoms with Crippen molar-refractivity contribution in [3.05, 3.63) is 34.9 Å². The number of rotatable bonds is 3. The molecule has 4 nitrogen and oxygen atoms in total. The Morgan fingerprint density at radius 1 is 1.25 bits per heavy atom. The van der Waals surface area contributed by atoms with Gasteiger partial charge in [0.1, 0.15) is 5.60 Å². The monoisotopic (exact) mass is 340 g/mol. The fourth-order valence-electron chi connectivity index (χ4n) is 2.67. The summed E-state index contributed by atoms with van der Waals surface area (Å²) < 4.78 is 32.8. The number of piperidine rings is 1. The van der Waals surface area contributed by atoms with E-state index in [1.165, 1.54) is 0 Å². The van der Waals surface area contributed by atoms with E-state index >= 15 is 0 Å². The van der Waals surface area contributed by atoms with Crippen LogP contribution in [0.2, 0.25) is 0 Å². The van der Waals surface area contributed by atoms with Gasteiger partial charge in [0.25, 0.3) is 0 Å². The molecule has 0 radical (unpaired) electrons. The Morgan fingerprint density at radius 2 is 1.88 bits per heavy atom. The molecule has 0 aromatic heterocycles. The molecule has 1 amide bonds. The molecule has 1 saturated heterocycles. The van der Waals surface area contributed by atoms with Crippen molar-refractivity contribution in [3.63, 3.8) is 0 Å². The number of carbonyl (C=O) groups is 1. The van der Waals surface area contributed by atoms with Crippen molar-refractivity contribution in [3.8, 4) is 0 Å². The van der Waals surface area contributed by atoms with Crippen molar-refractivity contribution in [1.29, 1.82) is 0 Å². The Labute approximate surface area is 142 Å². The van der Waals surface area contributed by atoms with Crippen LogP contribution in [0.1, 0.15) is 44.7 Å². The highest BCUT2D eigenvalue weighted by Crippen LogP contribution is 2.18. The van der Waals surface area contributed by atoms with Crippen LogP contribution >= 0.6 is 0 Å². The minimum Gasteiger partial charge on any atom is -0.444 e. The van der Waals surface area contributed by atoms with Crippen LogP contribution in [0.25, 0.3) is 0 Å². The van der Waals surface area contributed by atoms with Crippen LogP contribution in [0.15, 0.2) is 12.1 Å². The summed E-state index contributed by atoms with van der Waals surface area (Å²) in [7, 11) is 0. The third-order valence-electron chi connectivity index (χ3n) is 4.08. The van der Waals surface area contributed by atoms with Crippen molar-refractivity contribution in [2.45, 2.75) is 58.7 Å². The first-order chi connectivity index (χ1) is 11.2. The van der Waals surface area contributed by atoms with E-state index in [-0.39, 0.29) is 18.7 Å². The van der Waals surface area contributed by atoms with Gasteiger partial charge in [-0.25, -0.2) is 13.6 Å². The van der Waals surface area contributed by atoms with Crippen molar-refractivity contribution >= 4 is 6.09 Å². The van der Waals surface area contributed by atoms with Gasteiger partial charge < -0.3 is 15.0 Å². The molecule has 1 N–H and O–H groups in total. The van der Waals surface area contributed by atoms with Gasteiger partial charge in [-0.3, -0.25) is 0 Å². The third-order valence-corrected chi connectivity index (χ3v) is 4.08. The normalized spacial score (nSPS) is 16.3. The Bertz CT molecular complexity index is 591. The molecule has 0 atom stereocenters. The second-order valence-electron chi connectivity index (χ2n) is 7.29. The lowest BCUT2D eigenvalue weighted by atomic mass is 10.0. The summed E-state index contributed by atoms with van der Waals surface area (Å²) in [5.74, 6) is -1.57. The number of hydrogen-bond donors (Lipinski definition) is 1. The average molecular weight is 340 g/mol. The van der Waals surface area contributed by atoms with Crippen LogP contribution in [0.3, 0.4) is 0 Å². The molecule has 1 aromatic carbocycles. The number of nitrogens with one attached hydrogen (secondary N) is 1. The zero-order valence-electron chi connectivity index (χ0n) is 14.8. The summed E-state index contributed by atoms with van der Waals surface area (Å²) in [4.78, 5) is 13.7. The largest absolute Gasteiger partial charge is 0.444 e. The fraction of sp³-hybridized carbons (Fsp3) is 0.611. The van der Waals surface area contributed by atoms with Crippen LogP contribution in [-0.2, 0) is 11.3 Å². The van der Waals surface area contributed by atoms with Gasteiger partial charge in [0, 0.05) is 31.2 Å². The van der Waals surface area contributed by atoms with E-state index in [4.69, 9.17) is 4.74 Å². The van der Waals surface area contributed by atoms with Crippen molar-refractivity contribution in [2.24, 2.45) is 0 Å². The number of amides is 1. The number of ether oxygens (including phenoxy) is 1. The summed E-state index contributed by atoms with van der Waals surface area (Å²) >= 11 is 0. The molecular weight excluding hydrogens is 314 g/mol. The zero-order chi connectivity index (χ0) is 17.9. The number of carbonyl (C=O) groups excluding carboxylic acids is 1. The summed E-state index contributed by atoms with van der Waals surface area (Å²) in [5.41, 5.74) is 0.133. The van der Waals surface area contributed by atoms with Gasteiger partial charge in [0.05, 0.1) is 0 Å². The first-order valence-corrected chi connectivity index (χ1v) is 8.32. The molecule has 1 fully saturated rings. The van der Waals surface area contributed by atoms with Gasteiger partial charge in [0.15, 0.2) is 11.6 Å². The number of aryl methyl sites for hydroxylation is 1. The van der Waals surface area contributed by atoms with E-state index < -0.39 is 17.2 Å². The molecule has 1 heterocycles. The van der Waals surface area contributed by atoms with Gasteiger partial charge >= 0.3 is 6.09 Å². The average Bonchev–Trinajstić information content (AvgIpc) is 2.51. The Balaban J connectivity index is 1.82. The second-order valence-corrected chi connectivity index (χ2v) is 7.29. The van der Waals surface area contributed by atoms with E-state index in [9.17, 15) is 13.6 Å². The predicted molar refractivity (Wildman–Crippen MR) is 88.8 cm³/mol. The van der Waals surface area contributed by atoms with E-state index in [1.54, 1.807) is 24.0 Å². The molecule has 0 saturated carbocycles. The smallest absolute Gasteiger partial charge is 0.410 e. The van der Waals surface area contributed by atoms with Crippen LogP contribution in [-0.4, -0.2) is 35.7 Å². The molecule has 2 rings (SSSR count). The van der Waals surface area contributed by atoms with Gasteiger partial charge in [-0.15, -0.1) is 0 Å². The topological polar surface area (TPSA) is 41.6 Å². The van der Waals surface area contributed by atoms with Crippen LogP contribution in [0.5, 0.6) is 0 Å². The van der Waals surface area contributed by atoms with E-state index in [2.05, 4.69) is 5.32 Å². The van der Waals surface area contributed by atoms with Crippen LogP contribution in [0.4, 0.5) is 13.6 Å². The first-order valence-electron chi connectivity index (χ1n) is 8.32. The van der Waals surface area contributed by atoms with E-state index in [0.29, 0.717) is 24.2 Å². The Morgan fingerprint density at radius 3 is 2.46 bits per heavy atom. The van der Waals surface area contributed by atoms with Gasteiger partial charge in [-0.1, -0.05) is 12.1 Å². The molecular formula is C18H26F2N2O2. The molecule has 1 aliphatic rings. The van der Waals surface area contributed by atoms with Gasteiger partial charge in [-0.05, 0) is 46.1 Å². The summed E-state index contributed by atoms with van der Waals surface area (Å²) in [6.07, 6.45) is 1.22. The SMILES string of the molecule is Cc1ccc(CNC2CCN(C(=O)OC(C)(C)C)CC2)c(F)c1F. The van der Waals surface area contributed by atoms with Crippen molar-refractivity contribution in [2.75, 3.05) is 13.1 Å². The highest BCUT2D eigenvalue weighted by Gasteiger charge is 2.26. The summed E-state index contributed by atoms with van der Waals surface area (Å²) in [5, 5.41) is 3.25. The fourth-order valence-corrected chi connectivity index (χ4v) is 2.67. The molecule has 134 valence electrons. The Kier molecular flexibility index (Phi) is 5.80. The number of halogens is 2. The minimum atomic E-state index is -0.784. The molecule has 0 unspecified atom stereocenters. The van der Waals surface area contributed by atoms with E-state index in [0.717, 1.165) is 12.8 Å². The number of benzene rings is 1. The first kappa shape index (κ1) is 18.6. The lowest BCUT2D eigenvalue weighted by Gasteiger charge is -2.33. The summed E-state index contributed by atoms with van der Waals surface area (Å²) in [6.45, 7) is 8.54. The van der Waals surface area contributed by atoms with Gasteiger partial charge in [-0.2, -0.15) is 0 Å². The lowest BCUT2D eigenvalue weighted by Crippen LogP contribution is -2.46. The quantitative estimate of drug-likeness (QED) is 0.911. The number of likely N-dealkylation sites (tertiary alicyclic amines) is 1. The minimum absolute atomic E-state index is 0.174. The molecule has 24 heavy (non-hydrogen) atoms. The molecule has 1 aromatic rings. The van der Waals surface area contributed by atoms with Crippen molar-refractivity contribution < 1.29 is 18.3 Å². The maximum absolute atomic E-state index is 13.9. The Hall–Kier alpha value is -1.69. The van der Waals surface area contributed by atoms with E-state index in [1.807, 2.05) is 20.8 Å². The molecule has 1 aliphatic heterocycles. The second kappa shape index (κ2) is 7.47. The molecule has 6 heteroatoms. The van der Waals surface area contributed by atoms with Crippen LogP contribution in [0, 0.1) is 18.6 Å². The van der Waals surface area contributed by atoms with Crippen LogP contribution < -0.4 is 5.32 Å². The van der Waals surface area contributed by atoms with Gasteiger partial charge in [0.2, 0.25) is 0 Å².